The first-order valence-corrected chi connectivity index (χ1v) is 8.92. The highest BCUT2D eigenvalue weighted by Crippen LogP contribution is 2.33. The smallest absolute Gasteiger partial charge is 0.287 e. The molecule has 1 heterocycles. The Morgan fingerprint density at radius 2 is 1.74 bits per heavy atom. The third kappa shape index (κ3) is 4.14. The van der Waals surface area contributed by atoms with E-state index in [0.29, 0.717) is 16.2 Å². The summed E-state index contributed by atoms with van der Waals surface area (Å²) in [5, 5.41) is 4.38. The van der Waals surface area contributed by atoms with Crippen LogP contribution in [0.1, 0.15) is 53.3 Å². The molecule has 0 fully saturated rings. The minimum Gasteiger partial charge on any atom is -0.451 e. The van der Waals surface area contributed by atoms with E-state index in [2.05, 4.69) is 5.32 Å². The van der Waals surface area contributed by atoms with Gasteiger partial charge in [0.1, 0.15) is 5.58 Å². The van der Waals surface area contributed by atoms with Gasteiger partial charge in [-0.3, -0.25) is 9.59 Å². The molecule has 0 aliphatic carbocycles. The molecule has 6 heteroatoms. The summed E-state index contributed by atoms with van der Waals surface area (Å²) in [6.07, 6.45) is 0. The Morgan fingerprint density at radius 3 is 2.33 bits per heavy atom. The van der Waals surface area contributed by atoms with E-state index in [9.17, 15) is 9.59 Å². The number of nitrogens with two attached hydrogens (primary N) is 1. The molecule has 0 bridgehead atoms. The molecule has 1 aromatic heterocycles. The van der Waals surface area contributed by atoms with E-state index in [1.807, 2.05) is 20.8 Å². The van der Waals surface area contributed by atoms with E-state index < -0.39 is 5.91 Å². The molecular formula is C21H21ClN2O3. The fraction of sp³-hybridized carbons (Fsp3) is 0.238. The first-order chi connectivity index (χ1) is 12.6. The van der Waals surface area contributed by atoms with Crippen LogP contribution in [0, 0.1) is 5.41 Å². The largest absolute Gasteiger partial charge is 0.451 e. The Balaban J connectivity index is 1.89. The number of fused-ring (bicyclic) bond motifs is 1. The zero-order valence-corrected chi connectivity index (χ0v) is 16.1. The fourth-order valence-electron chi connectivity index (χ4n) is 2.97. The predicted molar refractivity (Wildman–Crippen MR) is 106 cm³/mol. The number of nitrogens with one attached hydrogen (secondary N) is 1. The van der Waals surface area contributed by atoms with Crippen molar-refractivity contribution in [2.24, 2.45) is 11.1 Å². The summed E-state index contributed by atoms with van der Waals surface area (Å²) < 4.78 is 5.65. The summed E-state index contributed by atoms with van der Waals surface area (Å²) in [7, 11) is 0. The molecule has 0 spiro atoms. The molecule has 3 rings (SSSR count). The van der Waals surface area contributed by atoms with Gasteiger partial charge in [0.2, 0.25) is 5.91 Å². The van der Waals surface area contributed by atoms with Crippen LogP contribution in [-0.2, 0) is 0 Å². The number of carbonyl (C=O) groups is 2. The second-order valence-corrected chi connectivity index (χ2v) is 7.99. The number of halogens is 1. The highest BCUT2D eigenvalue weighted by molar-refractivity contribution is 6.31. The minimum absolute atomic E-state index is 0.218. The van der Waals surface area contributed by atoms with Crippen molar-refractivity contribution < 1.29 is 14.0 Å². The quantitative estimate of drug-likeness (QED) is 0.683. The molecule has 2 amide bonds. The Labute approximate surface area is 162 Å². The van der Waals surface area contributed by atoms with Crippen molar-refractivity contribution in [1.29, 1.82) is 0 Å². The lowest BCUT2D eigenvalue weighted by atomic mass is 9.82. The average molecular weight is 385 g/mol. The molecule has 140 valence electrons. The van der Waals surface area contributed by atoms with Crippen LogP contribution in [0.3, 0.4) is 0 Å². The highest BCUT2D eigenvalue weighted by atomic mass is 35.5. The second-order valence-electron chi connectivity index (χ2n) is 7.55. The van der Waals surface area contributed by atoms with E-state index in [1.165, 1.54) is 0 Å². The summed E-state index contributed by atoms with van der Waals surface area (Å²) in [5.74, 6) is -0.588. The normalized spacial score (nSPS) is 12.7. The summed E-state index contributed by atoms with van der Waals surface area (Å²) in [6.45, 7) is 6.08. The van der Waals surface area contributed by atoms with Crippen molar-refractivity contribution in [2.75, 3.05) is 0 Å². The van der Waals surface area contributed by atoms with Gasteiger partial charge in [-0.1, -0.05) is 44.5 Å². The van der Waals surface area contributed by atoms with E-state index in [0.717, 1.165) is 10.9 Å². The van der Waals surface area contributed by atoms with Crippen LogP contribution in [0.15, 0.2) is 52.9 Å². The SMILES string of the molecule is CC(C)(C)C(NC(=O)c1cc2cc(Cl)ccc2o1)c1ccc(C(N)=O)cc1. The average Bonchev–Trinajstić information content (AvgIpc) is 3.01. The molecule has 0 aliphatic heterocycles. The summed E-state index contributed by atoms with van der Waals surface area (Å²) >= 11 is 5.99. The maximum absolute atomic E-state index is 12.8. The first kappa shape index (κ1) is 19.0. The van der Waals surface area contributed by atoms with Gasteiger partial charge in [0, 0.05) is 16.0 Å². The van der Waals surface area contributed by atoms with Gasteiger partial charge in [-0.2, -0.15) is 0 Å². The summed E-state index contributed by atoms with van der Waals surface area (Å²) in [6, 6.07) is 13.5. The highest BCUT2D eigenvalue weighted by Gasteiger charge is 2.29. The zero-order chi connectivity index (χ0) is 19.8. The van der Waals surface area contributed by atoms with Crippen molar-refractivity contribution in [3.63, 3.8) is 0 Å². The predicted octanol–water partition coefficient (Wildman–Crippen LogP) is 4.70. The van der Waals surface area contributed by atoms with Crippen LogP contribution < -0.4 is 11.1 Å². The molecule has 1 atom stereocenters. The van der Waals surface area contributed by atoms with E-state index in [4.69, 9.17) is 21.8 Å². The maximum atomic E-state index is 12.8. The second kappa shape index (κ2) is 7.08. The van der Waals surface area contributed by atoms with Crippen molar-refractivity contribution in [2.45, 2.75) is 26.8 Å². The third-order valence-electron chi connectivity index (χ3n) is 4.37. The molecular weight excluding hydrogens is 364 g/mol. The van der Waals surface area contributed by atoms with Gasteiger partial charge in [-0.15, -0.1) is 0 Å². The number of hydrogen-bond donors (Lipinski definition) is 2. The van der Waals surface area contributed by atoms with Crippen LogP contribution in [0.5, 0.6) is 0 Å². The maximum Gasteiger partial charge on any atom is 0.287 e. The van der Waals surface area contributed by atoms with Crippen molar-refractivity contribution in [3.8, 4) is 0 Å². The van der Waals surface area contributed by atoms with Gasteiger partial charge >= 0.3 is 0 Å². The first-order valence-electron chi connectivity index (χ1n) is 8.55. The summed E-state index contributed by atoms with van der Waals surface area (Å²) in [5.41, 5.74) is 6.93. The number of hydrogen-bond acceptors (Lipinski definition) is 3. The third-order valence-corrected chi connectivity index (χ3v) is 4.61. The molecule has 0 saturated heterocycles. The number of amides is 2. The lowest BCUT2D eigenvalue weighted by Crippen LogP contribution is -2.36. The van der Waals surface area contributed by atoms with Gasteiger partial charge in [-0.05, 0) is 47.4 Å². The number of furan rings is 1. The number of primary amides is 1. The Kier molecular flexibility index (Phi) is 4.98. The molecule has 0 radical (unpaired) electrons. The molecule has 0 saturated carbocycles. The summed E-state index contributed by atoms with van der Waals surface area (Å²) in [4.78, 5) is 24.1. The van der Waals surface area contributed by atoms with Crippen molar-refractivity contribution >= 4 is 34.4 Å². The molecule has 1 unspecified atom stereocenters. The van der Waals surface area contributed by atoms with Gasteiger partial charge < -0.3 is 15.5 Å². The number of rotatable bonds is 4. The van der Waals surface area contributed by atoms with E-state index in [-0.39, 0.29) is 23.1 Å². The molecule has 3 aromatic rings. The molecule has 27 heavy (non-hydrogen) atoms. The lowest BCUT2D eigenvalue weighted by Gasteiger charge is -2.31. The van der Waals surface area contributed by atoms with Crippen LogP contribution >= 0.6 is 11.6 Å². The Bertz CT molecular complexity index is 1000. The molecule has 5 nitrogen and oxygen atoms in total. The van der Waals surface area contributed by atoms with E-state index in [1.54, 1.807) is 48.5 Å². The minimum atomic E-state index is -0.487. The Hall–Kier alpha value is -2.79. The van der Waals surface area contributed by atoms with Gasteiger partial charge in [0.25, 0.3) is 5.91 Å². The molecule has 0 aliphatic rings. The fourth-order valence-corrected chi connectivity index (χ4v) is 3.15. The van der Waals surface area contributed by atoms with Gasteiger partial charge in [-0.25, -0.2) is 0 Å². The monoisotopic (exact) mass is 384 g/mol. The van der Waals surface area contributed by atoms with Gasteiger partial charge in [0.15, 0.2) is 5.76 Å². The number of carbonyl (C=O) groups excluding carboxylic acids is 2. The topological polar surface area (TPSA) is 85.3 Å². The number of benzene rings is 2. The molecule has 2 aromatic carbocycles. The zero-order valence-electron chi connectivity index (χ0n) is 15.4. The van der Waals surface area contributed by atoms with Crippen LogP contribution in [-0.4, -0.2) is 11.8 Å². The van der Waals surface area contributed by atoms with Crippen LogP contribution in [0.4, 0.5) is 0 Å². The van der Waals surface area contributed by atoms with E-state index >= 15 is 0 Å². The standard InChI is InChI=1S/C21H21ClN2O3/c1-21(2,3)18(12-4-6-13(7-5-12)19(23)25)24-20(26)17-11-14-10-15(22)8-9-16(14)27-17/h4-11,18H,1-3H3,(H2,23,25)(H,24,26). The lowest BCUT2D eigenvalue weighted by molar-refractivity contribution is 0.0875. The van der Waals surface area contributed by atoms with Gasteiger partial charge in [0.05, 0.1) is 6.04 Å². The molecule has 3 N–H and O–H groups in total. The van der Waals surface area contributed by atoms with Crippen LogP contribution in [0.25, 0.3) is 11.0 Å². The Morgan fingerprint density at radius 1 is 1.07 bits per heavy atom. The van der Waals surface area contributed by atoms with Crippen molar-refractivity contribution in [3.05, 3.63) is 70.4 Å². The van der Waals surface area contributed by atoms with Crippen molar-refractivity contribution in [1.82, 2.24) is 5.32 Å². The van der Waals surface area contributed by atoms with Crippen LogP contribution in [0.2, 0.25) is 5.02 Å².